The Balaban J connectivity index is 0.000000360. The second-order valence-corrected chi connectivity index (χ2v) is 8.78. The number of cyclic esters (lactones) is 1. The molecule has 1 heterocycles. The number of amides is 1. The summed E-state index contributed by atoms with van der Waals surface area (Å²) in [5.74, 6) is -0.178. The van der Waals surface area contributed by atoms with Crippen molar-refractivity contribution in [3.05, 3.63) is 70.5 Å². The molecule has 0 aliphatic carbocycles. The van der Waals surface area contributed by atoms with E-state index in [9.17, 15) is 14.3 Å². The predicted molar refractivity (Wildman–Crippen MR) is 116 cm³/mol. The van der Waals surface area contributed by atoms with Gasteiger partial charge in [-0.05, 0) is 63.4 Å². The maximum absolute atomic E-state index is 12.3. The summed E-state index contributed by atoms with van der Waals surface area (Å²) in [4.78, 5) is 14.0. The first-order valence-electron chi connectivity index (χ1n) is 9.81. The van der Waals surface area contributed by atoms with Crippen molar-refractivity contribution in [2.45, 2.75) is 57.8 Å². The van der Waals surface area contributed by atoms with Gasteiger partial charge in [-0.15, -0.1) is 0 Å². The average molecular weight is 466 g/mol. The minimum absolute atomic E-state index is 0.0137. The van der Waals surface area contributed by atoms with Gasteiger partial charge < -0.3 is 14.7 Å². The van der Waals surface area contributed by atoms with Crippen molar-refractivity contribution in [2.75, 3.05) is 6.54 Å². The molecule has 29 heavy (non-hydrogen) atoms. The molecule has 2 aromatic carbocycles. The summed E-state index contributed by atoms with van der Waals surface area (Å²) in [5.41, 5.74) is 0.369. The first kappa shape index (κ1) is 23.4. The monoisotopic (exact) mass is 465 g/mol. The van der Waals surface area contributed by atoms with Crippen molar-refractivity contribution in [2.24, 2.45) is 0 Å². The summed E-state index contributed by atoms with van der Waals surface area (Å²) in [5, 5.41) is 9.77. The van der Waals surface area contributed by atoms with Gasteiger partial charge in [-0.25, -0.2) is 9.18 Å². The Hall–Kier alpha value is -1.92. The van der Waals surface area contributed by atoms with Crippen LogP contribution in [0.4, 0.5) is 9.18 Å². The number of carbonyl (C=O) groups is 1. The molecule has 0 radical (unpaired) electrons. The van der Waals surface area contributed by atoms with Crippen molar-refractivity contribution in [1.29, 1.82) is 0 Å². The van der Waals surface area contributed by atoms with Crippen LogP contribution < -0.4 is 0 Å². The Morgan fingerprint density at radius 1 is 1.24 bits per heavy atom. The first-order valence-corrected chi connectivity index (χ1v) is 10.6. The molecule has 2 aromatic rings. The van der Waals surface area contributed by atoms with Crippen molar-refractivity contribution in [1.82, 2.24) is 4.90 Å². The molecule has 4 nitrogen and oxygen atoms in total. The summed E-state index contributed by atoms with van der Waals surface area (Å²) < 4.78 is 18.4. The topological polar surface area (TPSA) is 49.8 Å². The first-order chi connectivity index (χ1) is 13.7. The number of carbonyl (C=O) groups excluding carboxylic acids is 1. The lowest BCUT2D eigenvalue weighted by atomic mass is 9.98. The number of nitrogens with zero attached hydrogens (tertiary/aromatic N) is 1. The normalized spacial score (nSPS) is 17.8. The van der Waals surface area contributed by atoms with Gasteiger partial charge >= 0.3 is 6.09 Å². The van der Waals surface area contributed by atoms with Crippen LogP contribution in [0.1, 0.15) is 51.6 Å². The smallest absolute Gasteiger partial charge is 0.410 e. The summed E-state index contributed by atoms with van der Waals surface area (Å²) in [6.45, 7) is 6.25. The zero-order chi connectivity index (χ0) is 21.4. The second-order valence-electron chi connectivity index (χ2n) is 7.87. The van der Waals surface area contributed by atoms with Crippen LogP contribution in [0, 0.1) is 5.82 Å². The summed E-state index contributed by atoms with van der Waals surface area (Å²) in [6.07, 6.45) is 1.78. The largest absolute Gasteiger partial charge is 0.446 e. The molecule has 1 saturated heterocycles. The number of benzene rings is 2. The number of aliphatic hydroxyl groups is 1. The van der Waals surface area contributed by atoms with Gasteiger partial charge in [0, 0.05) is 17.4 Å². The van der Waals surface area contributed by atoms with E-state index in [2.05, 4.69) is 15.9 Å². The van der Waals surface area contributed by atoms with Crippen LogP contribution in [0.15, 0.2) is 59.1 Å². The Labute approximate surface area is 180 Å². The van der Waals surface area contributed by atoms with E-state index in [1.807, 2.05) is 31.2 Å². The van der Waals surface area contributed by atoms with Gasteiger partial charge in [0.2, 0.25) is 0 Å². The zero-order valence-electron chi connectivity index (χ0n) is 17.1. The summed E-state index contributed by atoms with van der Waals surface area (Å²) in [6, 6.07) is 15.9. The van der Waals surface area contributed by atoms with Gasteiger partial charge in [0.25, 0.3) is 0 Å². The number of rotatable bonds is 5. The SMILES string of the molecule is CC(c1cccc(Br)c1)N1CCC(CCC(C)(C)O)OC1=O.Fc1ccccc1. The minimum Gasteiger partial charge on any atom is -0.446 e. The van der Waals surface area contributed by atoms with Gasteiger partial charge in [0.15, 0.2) is 0 Å². The summed E-state index contributed by atoms with van der Waals surface area (Å²) >= 11 is 3.46. The van der Waals surface area contributed by atoms with Crippen LogP contribution in [0.25, 0.3) is 0 Å². The Bertz CT molecular complexity index is 779. The van der Waals surface area contributed by atoms with Gasteiger partial charge in [-0.1, -0.05) is 46.3 Å². The van der Waals surface area contributed by atoms with E-state index >= 15 is 0 Å². The fourth-order valence-electron chi connectivity index (χ4n) is 3.07. The molecule has 0 spiro atoms. The van der Waals surface area contributed by atoms with Crippen LogP contribution in [0.3, 0.4) is 0 Å². The molecule has 3 rings (SSSR count). The predicted octanol–water partition coefficient (Wildman–Crippen LogP) is 6.10. The van der Waals surface area contributed by atoms with E-state index in [0.717, 1.165) is 16.5 Å². The fourth-order valence-corrected chi connectivity index (χ4v) is 3.49. The molecule has 1 aliphatic heterocycles. The number of halogens is 2. The molecule has 2 atom stereocenters. The lowest BCUT2D eigenvalue weighted by molar-refractivity contribution is -0.00600. The fraction of sp³-hybridized carbons (Fsp3) is 0.435. The highest BCUT2D eigenvalue weighted by molar-refractivity contribution is 9.10. The van der Waals surface area contributed by atoms with Crippen molar-refractivity contribution < 1.29 is 19.0 Å². The van der Waals surface area contributed by atoms with Gasteiger partial charge in [0.05, 0.1) is 11.6 Å². The van der Waals surface area contributed by atoms with E-state index in [-0.39, 0.29) is 24.1 Å². The number of hydrogen-bond acceptors (Lipinski definition) is 3. The molecular formula is C23H29BrFNO3. The Morgan fingerprint density at radius 2 is 1.93 bits per heavy atom. The van der Waals surface area contributed by atoms with Crippen LogP contribution in [-0.4, -0.2) is 34.3 Å². The van der Waals surface area contributed by atoms with Crippen molar-refractivity contribution in [3.63, 3.8) is 0 Å². The van der Waals surface area contributed by atoms with Gasteiger partial charge in [0.1, 0.15) is 11.9 Å². The van der Waals surface area contributed by atoms with E-state index in [4.69, 9.17) is 4.74 Å². The minimum atomic E-state index is -0.715. The van der Waals surface area contributed by atoms with Crippen molar-refractivity contribution in [3.8, 4) is 0 Å². The quantitative estimate of drug-likeness (QED) is 0.580. The maximum Gasteiger partial charge on any atom is 0.410 e. The third-order valence-electron chi connectivity index (χ3n) is 4.80. The van der Waals surface area contributed by atoms with E-state index in [1.54, 1.807) is 36.9 Å². The van der Waals surface area contributed by atoms with Crippen LogP contribution in [0.5, 0.6) is 0 Å². The Kier molecular flexibility index (Phi) is 8.65. The van der Waals surface area contributed by atoms with Gasteiger partial charge in [-0.2, -0.15) is 0 Å². The van der Waals surface area contributed by atoms with Crippen LogP contribution in [0.2, 0.25) is 0 Å². The van der Waals surface area contributed by atoms with Gasteiger partial charge in [-0.3, -0.25) is 0 Å². The highest BCUT2D eigenvalue weighted by Gasteiger charge is 2.31. The molecule has 158 valence electrons. The average Bonchev–Trinajstić information content (AvgIpc) is 2.66. The number of ether oxygens (including phenoxy) is 1. The summed E-state index contributed by atoms with van der Waals surface area (Å²) in [7, 11) is 0. The number of hydrogen-bond donors (Lipinski definition) is 1. The maximum atomic E-state index is 12.3. The van der Waals surface area contributed by atoms with E-state index < -0.39 is 5.60 Å². The molecule has 1 N–H and O–H groups in total. The van der Waals surface area contributed by atoms with E-state index in [0.29, 0.717) is 19.4 Å². The lowest BCUT2D eigenvalue weighted by Crippen LogP contribution is -2.43. The third kappa shape index (κ3) is 8.15. The second kappa shape index (κ2) is 10.7. The molecule has 2 unspecified atom stereocenters. The molecule has 1 fully saturated rings. The van der Waals surface area contributed by atoms with Crippen LogP contribution in [-0.2, 0) is 4.74 Å². The molecular weight excluding hydrogens is 437 g/mol. The highest BCUT2D eigenvalue weighted by atomic mass is 79.9. The highest BCUT2D eigenvalue weighted by Crippen LogP contribution is 2.28. The molecule has 0 aromatic heterocycles. The molecule has 0 saturated carbocycles. The molecule has 1 aliphatic rings. The standard InChI is InChI=1S/C17H24BrNO3.C6H5F/c1-12(13-5-4-6-14(18)11-13)19-10-8-15(22-16(19)20)7-9-17(2,3)21;7-6-4-2-1-3-5-6/h4-6,11-12,15,21H,7-10H2,1-3H3;1-5H. The zero-order valence-corrected chi connectivity index (χ0v) is 18.7. The molecule has 1 amide bonds. The van der Waals surface area contributed by atoms with Crippen molar-refractivity contribution >= 4 is 22.0 Å². The molecule has 6 heteroatoms. The van der Waals surface area contributed by atoms with E-state index in [1.165, 1.54) is 12.1 Å². The Morgan fingerprint density at radius 3 is 2.45 bits per heavy atom. The lowest BCUT2D eigenvalue weighted by Gasteiger charge is -2.36. The third-order valence-corrected chi connectivity index (χ3v) is 5.30. The van der Waals surface area contributed by atoms with Crippen LogP contribution >= 0.6 is 15.9 Å². The molecule has 0 bridgehead atoms.